The Morgan fingerprint density at radius 2 is 1.14 bits per heavy atom. The molecule has 0 saturated heterocycles. The molecule has 6 heteroatoms. The third-order valence-electron chi connectivity index (χ3n) is 4.86. The van der Waals surface area contributed by atoms with Crippen LogP contribution in [0.3, 0.4) is 0 Å². The Morgan fingerprint density at radius 1 is 0.571 bits per heavy atom. The van der Waals surface area contributed by atoms with Gasteiger partial charge in [-0.2, -0.15) is 0 Å². The third kappa shape index (κ3) is 2.39. The van der Waals surface area contributed by atoms with Crippen molar-refractivity contribution in [2.75, 3.05) is 0 Å². The first-order valence-corrected chi connectivity index (χ1v) is 9.25. The van der Waals surface area contributed by atoms with Crippen molar-refractivity contribution in [1.29, 1.82) is 0 Å². The van der Waals surface area contributed by atoms with Crippen molar-refractivity contribution in [2.45, 2.75) is 0 Å². The fourth-order valence-electron chi connectivity index (χ4n) is 3.62. The molecule has 4 nitrogen and oxygen atoms in total. The van der Waals surface area contributed by atoms with Crippen LogP contribution in [0.4, 0.5) is 0 Å². The molecule has 0 fully saturated rings. The maximum Gasteiger partial charge on any atom is 0.195 e. The average molecular weight is 405 g/mol. The maximum absolute atomic E-state index is 13.3. The van der Waals surface area contributed by atoms with Gasteiger partial charge in [-0.3, -0.25) is 9.59 Å². The van der Waals surface area contributed by atoms with E-state index in [2.05, 4.69) is 9.97 Å². The van der Waals surface area contributed by atoms with E-state index in [-0.39, 0.29) is 21.9 Å². The summed E-state index contributed by atoms with van der Waals surface area (Å²) in [6.07, 6.45) is 0. The highest BCUT2D eigenvalue weighted by Crippen LogP contribution is 2.37. The Balaban J connectivity index is 1.84. The molecule has 1 aromatic heterocycles. The molecule has 0 saturated carbocycles. The molecule has 0 aliphatic heterocycles. The van der Waals surface area contributed by atoms with Crippen LogP contribution in [0.1, 0.15) is 31.8 Å². The van der Waals surface area contributed by atoms with Crippen LogP contribution in [0.2, 0.25) is 10.3 Å². The lowest BCUT2D eigenvalue weighted by Gasteiger charge is -2.20. The molecule has 134 valence electrons. The molecule has 4 aromatic rings. The number of para-hydroxylation sites is 1. The number of hydrogen-bond acceptors (Lipinski definition) is 4. The molecule has 28 heavy (non-hydrogen) atoms. The lowest BCUT2D eigenvalue weighted by Crippen LogP contribution is -2.21. The number of carbonyl (C=O) groups excluding carboxylic acids is 2. The first-order chi connectivity index (χ1) is 13.6. The molecule has 5 rings (SSSR count). The minimum absolute atomic E-state index is 0.0826. The first-order valence-electron chi connectivity index (χ1n) is 8.50. The molecule has 0 atom stereocenters. The SMILES string of the molecule is O=C1c2ccccc2C(=O)c2c1cccc2-c1cccc2nc(Cl)c(Cl)nc12. The van der Waals surface area contributed by atoms with E-state index in [1.165, 1.54) is 0 Å². The van der Waals surface area contributed by atoms with Crippen LogP contribution in [0.15, 0.2) is 60.7 Å². The Morgan fingerprint density at radius 3 is 1.93 bits per heavy atom. The number of halogens is 2. The normalized spacial score (nSPS) is 12.8. The summed E-state index contributed by atoms with van der Waals surface area (Å²) in [5.74, 6) is -0.356. The van der Waals surface area contributed by atoms with E-state index in [4.69, 9.17) is 23.2 Å². The molecular formula is C22H10Cl2N2O2. The van der Waals surface area contributed by atoms with E-state index in [9.17, 15) is 9.59 Å². The number of benzene rings is 3. The van der Waals surface area contributed by atoms with Crippen LogP contribution in [0, 0.1) is 0 Å². The number of nitrogens with zero attached hydrogens (tertiary/aromatic N) is 2. The van der Waals surface area contributed by atoms with Crippen LogP contribution >= 0.6 is 23.2 Å². The van der Waals surface area contributed by atoms with Gasteiger partial charge in [0.1, 0.15) is 0 Å². The summed E-state index contributed by atoms with van der Waals surface area (Å²) in [4.78, 5) is 34.9. The second-order valence-corrected chi connectivity index (χ2v) is 7.13. The summed E-state index contributed by atoms with van der Waals surface area (Å²) in [5, 5.41) is 0.195. The monoisotopic (exact) mass is 404 g/mol. The molecule has 0 N–H and O–H groups in total. The van der Waals surface area contributed by atoms with Crippen LogP contribution in [0.25, 0.3) is 22.2 Å². The van der Waals surface area contributed by atoms with E-state index >= 15 is 0 Å². The van der Waals surface area contributed by atoms with E-state index in [1.807, 2.05) is 6.07 Å². The van der Waals surface area contributed by atoms with E-state index in [0.29, 0.717) is 44.4 Å². The number of ketones is 2. The second kappa shape index (κ2) is 6.23. The average Bonchev–Trinajstić information content (AvgIpc) is 2.72. The zero-order valence-electron chi connectivity index (χ0n) is 14.2. The minimum Gasteiger partial charge on any atom is -0.289 e. The first kappa shape index (κ1) is 17.0. The van der Waals surface area contributed by atoms with Gasteiger partial charge in [0.25, 0.3) is 0 Å². The predicted molar refractivity (Wildman–Crippen MR) is 108 cm³/mol. The van der Waals surface area contributed by atoms with Crippen LogP contribution in [0.5, 0.6) is 0 Å². The van der Waals surface area contributed by atoms with Crippen molar-refractivity contribution in [3.8, 4) is 11.1 Å². The van der Waals surface area contributed by atoms with Gasteiger partial charge in [0.15, 0.2) is 21.9 Å². The Bertz CT molecular complexity index is 1330. The molecule has 1 aliphatic carbocycles. The molecule has 0 amide bonds. The number of aromatic nitrogens is 2. The topological polar surface area (TPSA) is 59.9 Å². The number of hydrogen-bond donors (Lipinski definition) is 0. The Kier molecular flexibility index (Phi) is 3.79. The summed E-state index contributed by atoms with van der Waals surface area (Å²) in [7, 11) is 0. The largest absolute Gasteiger partial charge is 0.289 e. The number of fused-ring (bicyclic) bond motifs is 3. The Hall–Kier alpha value is -3.08. The fourth-order valence-corrected chi connectivity index (χ4v) is 3.88. The molecular weight excluding hydrogens is 395 g/mol. The van der Waals surface area contributed by atoms with Crippen molar-refractivity contribution in [3.63, 3.8) is 0 Å². The molecule has 0 bridgehead atoms. The minimum atomic E-state index is -0.189. The second-order valence-electron chi connectivity index (χ2n) is 6.41. The van der Waals surface area contributed by atoms with Gasteiger partial charge in [0.05, 0.1) is 11.0 Å². The van der Waals surface area contributed by atoms with E-state index in [1.54, 1.807) is 54.6 Å². The van der Waals surface area contributed by atoms with Crippen LogP contribution in [-0.2, 0) is 0 Å². The zero-order valence-corrected chi connectivity index (χ0v) is 15.8. The quantitative estimate of drug-likeness (QED) is 0.376. The van der Waals surface area contributed by atoms with Gasteiger partial charge in [-0.05, 0) is 11.6 Å². The molecule has 0 unspecified atom stereocenters. The summed E-state index contributed by atoms with van der Waals surface area (Å²) in [6, 6.07) is 17.5. The van der Waals surface area contributed by atoms with Crippen molar-refractivity contribution in [2.24, 2.45) is 0 Å². The maximum atomic E-state index is 13.3. The van der Waals surface area contributed by atoms with E-state index in [0.717, 1.165) is 0 Å². The lowest BCUT2D eigenvalue weighted by atomic mass is 9.80. The predicted octanol–water partition coefficient (Wildman–Crippen LogP) is 5.38. The molecule has 0 radical (unpaired) electrons. The smallest absolute Gasteiger partial charge is 0.195 e. The molecule has 1 aliphatic rings. The van der Waals surface area contributed by atoms with Gasteiger partial charge in [0.2, 0.25) is 0 Å². The van der Waals surface area contributed by atoms with Gasteiger partial charge in [-0.15, -0.1) is 0 Å². The molecule has 1 heterocycles. The summed E-state index contributed by atoms with van der Waals surface area (Å²) < 4.78 is 0. The summed E-state index contributed by atoms with van der Waals surface area (Å²) >= 11 is 12.1. The fraction of sp³-hybridized carbons (Fsp3) is 0. The summed E-state index contributed by atoms with van der Waals surface area (Å²) in [5.41, 5.74) is 3.93. The van der Waals surface area contributed by atoms with Gasteiger partial charge < -0.3 is 0 Å². The van der Waals surface area contributed by atoms with Crippen molar-refractivity contribution in [1.82, 2.24) is 9.97 Å². The van der Waals surface area contributed by atoms with Gasteiger partial charge in [-0.25, -0.2) is 9.97 Å². The lowest BCUT2D eigenvalue weighted by molar-refractivity contribution is 0.0979. The highest BCUT2D eigenvalue weighted by atomic mass is 35.5. The van der Waals surface area contributed by atoms with Crippen LogP contribution in [-0.4, -0.2) is 21.5 Å². The molecule has 3 aromatic carbocycles. The highest BCUT2D eigenvalue weighted by Gasteiger charge is 2.32. The van der Waals surface area contributed by atoms with Crippen molar-refractivity contribution >= 4 is 45.8 Å². The number of carbonyl (C=O) groups is 2. The molecule has 0 spiro atoms. The Labute approximate surface area is 169 Å². The van der Waals surface area contributed by atoms with Crippen LogP contribution < -0.4 is 0 Å². The van der Waals surface area contributed by atoms with Crippen molar-refractivity contribution in [3.05, 3.63) is 93.2 Å². The standard InChI is InChI=1S/C22H10Cl2N2O2/c23-21-22(24)26-18-12(8-4-10-16(18)25-21)11-7-3-9-15-17(11)20(28)14-6-2-1-5-13(14)19(15)27/h1-10H. The van der Waals surface area contributed by atoms with Gasteiger partial charge in [-0.1, -0.05) is 77.8 Å². The van der Waals surface area contributed by atoms with Crippen molar-refractivity contribution < 1.29 is 9.59 Å². The third-order valence-corrected chi connectivity index (χ3v) is 5.48. The van der Waals surface area contributed by atoms with Gasteiger partial charge in [0, 0.05) is 27.8 Å². The van der Waals surface area contributed by atoms with E-state index < -0.39 is 0 Å². The number of rotatable bonds is 1. The highest BCUT2D eigenvalue weighted by molar-refractivity contribution is 6.40. The summed E-state index contributed by atoms with van der Waals surface area (Å²) in [6.45, 7) is 0. The zero-order chi connectivity index (χ0) is 19.4. The van der Waals surface area contributed by atoms with Gasteiger partial charge >= 0.3 is 0 Å².